The Bertz CT molecular complexity index is 1100. The van der Waals surface area contributed by atoms with Crippen molar-refractivity contribution in [1.29, 1.82) is 0 Å². The van der Waals surface area contributed by atoms with Gasteiger partial charge >= 0.3 is 0 Å². The van der Waals surface area contributed by atoms with Gasteiger partial charge in [0.25, 0.3) is 11.5 Å². The molecule has 2 unspecified atom stereocenters. The van der Waals surface area contributed by atoms with Crippen molar-refractivity contribution in [3.63, 3.8) is 0 Å². The van der Waals surface area contributed by atoms with Crippen LogP contribution in [0.1, 0.15) is 27.7 Å². The number of carbonyl (C=O) groups is 1. The average Bonchev–Trinajstić information content (AvgIpc) is 3.29. The van der Waals surface area contributed by atoms with Gasteiger partial charge in [-0.2, -0.15) is 0 Å². The lowest BCUT2D eigenvalue weighted by Gasteiger charge is -2.42. The molecule has 3 aromatic rings. The Morgan fingerprint density at radius 1 is 1.07 bits per heavy atom. The number of aromatic nitrogens is 1. The van der Waals surface area contributed by atoms with E-state index in [4.69, 9.17) is 4.74 Å². The quantitative estimate of drug-likeness (QED) is 0.664. The number of fused-ring (bicyclic) bond motifs is 4. The molecule has 1 amide bonds. The molecule has 1 saturated heterocycles. The second kappa shape index (κ2) is 7.19. The minimum Gasteiger partial charge on any atom is -0.497 e. The van der Waals surface area contributed by atoms with Gasteiger partial charge in [-0.1, -0.05) is 18.2 Å². The van der Waals surface area contributed by atoms with Crippen LogP contribution in [0.5, 0.6) is 5.75 Å². The SMILES string of the molecule is COc1ccc(-c2ccc3n(c2=O)CC2CC3CN(C(=O)c3cccs3)C2)cc1. The van der Waals surface area contributed by atoms with Crippen molar-refractivity contribution >= 4 is 17.2 Å². The highest BCUT2D eigenvalue weighted by molar-refractivity contribution is 7.12. The lowest BCUT2D eigenvalue weighted by molar-refractivity contribution is 0.0599. The van der Waals surface area contributed by atoms with Crippen molar-refractivity contribution in [1.82, 2.24) is 9.47 Å². The minimum atomic E-state index is 0.0559. The number of nitrogens with zero attached hydrogens (tertiary/aromatic N) is 2. The third kappa shape index (κ3) is 3.17. The summed E-state index contributed by atoms with van der Waals surface area (Å²) in [5.41, 5.74) is 2.71. The number of piperidine rings is 1. The number of pyridine rings is 1. The molecule has 0 saturated carbocycles. The van der Waals surface area contributed by atoms with E-state index < -0.39 is 0 Å². The number of carbonyl (C=O) groups excluding carboxylic acids is 1. The molecule has 0 aliphatic carbocycles. The van der Waals surface area contributed by atoms with Gasteiger partial charge in [0, 0.05) is 36.8 Å². The fourth-order valence-electron chi connectivity index (χ4n) is 4.66. The molecule has 5 rings (SSSR count). The summed E-state index contributed by atoms with van der Waals surface area (Å²) in [6.07, 6.45) is 1.04. The Morgan fingerprint density at radius 2 is 1.90 bits per heavy atom. The number of ether oxygens (including phenoxy) is 1. The van der Waals surface area contributed by atoms with Crippen LogP contribution in [0.3, 0.4) is 0 Å². The molecule has 1 aromatic carbocycles. The molecule has 0 N–H and O–H groups in total. The monoisotopic (exact) mass is 406 g/mol. The van der Waals surface area contributed by atoms with Gasteiger partial charge in [-0.15, -0.1) is 11.3 Å². The van der Waals surface area contributed by atoms with Gasteiger partial charge in [-0.3, -0.25) is 9.59 Å². The topological polar surface area (TPSA) is 51.5 Å². The summed E-state index contributed by atoms with van der Waals surface area (Å²) in [6.45, 7) is 2.06. The number of hydrogen-bond donors (Lipinski definition) is 0. The maximum Gasteiger partial charge on any atom is 0.263 e. The Morgan fingerprint density at radius 3 is 2.62 bits per heavy atom. The highest BCUT2D eigenvalue weighted by atomic mass is 32.1. The van der Waals surface area contributed by atoms with Crippen LogP contribution in [0.15, 0.2) is 58.7 Å². The average molecular weight is 407 g/mol. The van der Waals surface area contributed by atoms with E-state index in [0.717, 1.165) is 28.3 Å². The van der Waals surface area contributed by atoms with Gasteiger partial charge in [-0.25, -0.2) is 0 Å². The van der Waals surface area contributed by atoms with Crippen molar-refractivity contribution < 1.29 is 9.53 Å². The Labute approximate surface area is 173 Å². The van der Waals surface area contributed by atoms with Crippen LogP contribution in [0.25, 0.3) is 11.1 Å². The molecule has 2 aliphatic heterocycles. The van der Waals surface area contributed by atoms with Crippen LogP contribution >= 0.6 is 11.3 Å². The summed E-state index contributed by atoms with van der Waals surface area (Å²) < 4.78 is 7.15. The van der Waals surface area contributed by atoms with Crippen LogP contribution < -0.4 is 10.3 Å². The largest absolute Gasteiger partial charge is 0.497 e. The zero-order valence-electron chi connectivity index (χ0n) is 16.2. The second-order valence-corrected chi connectivity index (χ2v) is 8.75. The smallest absolute Gasteiger partial charge is 0.263 e. The van der Waals surface area contributed by atoms with Crippen molar-refractivity contribution in [2.45, 2.75) is 18.9 Å². The van der Waals surface area contributed by atoms with E-state index in [1.54, 1.807) is 7.11 Å². The summed E-state index contributed by atoms with van der Waals surface area (Å²) in [7, 11) is 1.63. The molecule has 2 aromatic heterocycles. The normalized spacial score (nSPS) is 20.2. The summed E-state index contributed by atoms with van der Waals surface area (Å²) in [6, 6.07) is 15.4. The van der Waals surface area contributed by atoms with Crippen molar-refractivity contribution in [3.8, 4) is 16.9 Å². The van der Waals surface area contributed by atoms with E-state index in [1.807, 2.05) is 57.3 Å². The molecular formula is C23H22N2O3S. The fraction of sp³-hybridized carbons (Fsp3) is 0.304. The van der Waals surface area contributed by atoms with E-state index in [9.17, 15) is 9.59 Å². The molecular weight excluding hydrogens is 384 g/mol. The van der Waals surface area contributed by atoms with E-state index in [0.29, 0.717) is 31.1 Å². The first kappa shape index (κ1) is 18.2. The molecule has 2 atom stereocenters. The Balaban J connectivity index is 1.46. The summed E-state index contributed by atoms with van der Waals surface area (Å²) in [5, 5.41) is 1.94. The first-order valence-electron chi connectivity index (χ1n) is 9.85. The third-order valence-corrected chi connectivity index (χ3v) is 6.88. The highest BCUT2D eigenvalue weighted by Gasteiger charge is 2.37. The predicted octanol–water partition coefficient (Wildman–Crippen LogP) is 3.84. The van der Waals surface area contributed by atoms with Gasteiger partial charge in [0.15, 0.2) is 0 Å². The number of rotatable bonds is 3. The lowest BCUT2D eigenvalue weighted by Crippen LogP contribution is -2.49. The van der Waals surface area contributed by atoms with E-state index in [2.05, 4.69) is 6.07 Å². The van der Waals surface area contributed by atoms with Crippen molar-refractivity contribution in [2.24, 2.45) is 5.92 Å². The predicted molar refractivity (Wildman–Crippen MR) is 114 cm³/mol. The first-order chi connectivity index (χ1) is 14.1. The molecule has 6 heteroatoms. The zero-order valence-corrected chi connectivity index (χ0v) is 17.0. The van der Waals surface area contributed by atoms with Gasteiger partial charge in [-0.05, 0) is 53.6 Å². The van der Waals surface area contributed by atoms with Gasteiger partial charge in [0.1, 0.15) is 5.75 Å². The number of amides is 1. The molecule has 2 aliphatic rings. The molecule has 2 bridgehead atoms. The van der Waals surface area contributed by atoms with Crippen LogP contribution in [-0.4, -0.2) is 35.6 Å². The van der Waals surface area contributed by atoms with E-state index in [-0.39, 0.29) is 17.4 Å². The number of likely N-dealkylation sites (tertiary alicyclic amines) is 1. The minimum absolute atomic E-state index is 0.0559. The molecule has 148 valence electrons. The molecule has 4 heterocycles. The Hall–Kier alpha value is -2.86. The van der Waals surface area contributed by atoms with E-state index in [1.165, 1.54) is 11.3 Å². The van der Waals surface area contributed by atoms with Gasteiger partial charge < -0.3 is 14.2 Å². The Kier molecular flexibility index (Phi) is 4.51. The van der Waals surface area contributed by atoms with Crippen LogP contribution in [0.4, 0.5) is 0 Å². The summed E-state index contributed by atoms with van der Waals surface area (Å²) >= 11 is 1.49. The summed E-state index contributed by atoms with van der Waals surface area (Å²) in [4.78, 5) is 28.8. The fourth-order valence-corrected chi connectivity index (χ4v) is 5.35. The maximum absolute atomic E-state index is 13.3. The third-order valence-electron chi connectivity index (χ3n) is 6.02. The molecule has 0 radical (unpaired) electrons. The zero-order chi connectivity index (χ0) is 20.0. The molecule has 1 fully saturated rings. The summed E-state index contributed by atoms with van der Waals surface area (Å²) in [5.74, 6) is 1.41. The number of methoxy groups -OCH3 is 1. The first-order valence-corrected chi connectivity index (χ1v) is 10.7. The number of benzene rings is 1. The number of thiophene rings is 1. The van der Waals surface area contributed by atoms with Crippen molar-refractivity contribution in [3.05, 3.63) is 74.8 Å². The van der Waals surface area contributed by atoms with Crippen LogP contribution in [0, 0.1) is 5.92 Å². The lowest BCUT2D eigenvalue weighted by atomic mass is 9.82. The highest BCUT2D eigenvalue weighted by Crippen LogP contribution is 2.36. The molecule has 5 nitrogen and oxygen atoms in total. The molecule has 29 heavy (non-hydrogen) atoms. The van der Waals surface area contributed by atoms with E-state index >= 15 is 0 Å². The van der Waals surface area contributed by atoms with Crippen LogP contribution in [0.2, 0.25) is 0 Å². The van der Waals surface area contributed by atoms with Gasteiger partial charge in [0.05, 0.1) is 12.0 Å². The molecule has 0 spiro atoms. The second-order valence-electron chi connectivity index (χ2n) is 7.80. The van der Waals surface area contributed by atoms with Gasteiger partial charge in [0.2, 0.25) is 0 Å². The van der Waals surface area contributed by atoms with Crippen LogP contribution in [-0.2, 0) is 6.54 Å². The maximum atomic E-state index is 13.3. The standard InChI is InChI=1S/C23H22N2O3S/c1-28-18-6-4-16(5-7-18)19-8-9-20-17-11-15(13-25(20)22(19)26)12-24(14-17)23(27)21-3-2-10-29-21/h2-10,15,17H,11-14H2,1H3. The van der Waals surface area contributed by atoms with Crippen molar-refractivity contribution in [2.75, 3.05) is 20.2 Å². The number of hydrogen-bond acceptors (Lipinski definition) is 4.